The van der Waals surface area contributed by atoms with Crippen molar-refractivity contribution in [2.75, 3.05) is 11.9 Å². The third kappa shape index (κ3) is 3.42. The van der Waals surface area contributed by atoms with Crippen LogP contribution in [0.2, 0.25) is 0 Å². The summed E-state index contributed by atoms with van der Waals surface area (Å²) in [6.07, 6.45) is 0.635. The molecule has 7 heteroatoms. The predicted molar refractivity (Wildman–Crippen MR) is 79.6 cm³/mol. The molecule has 1 aliphatic heterocycles. The van der Waals surface area contributed by atoms with Gasteiger partial charge in [0, 0.05) is 12.2 Å². The molecule has 116 valence electrons. The number of carbonyl (C=O) groups is 1. The lowest BCUT2D eigenvalue weighted by Gasteiger charge is -2.12. The highest BCUT2D eigenvalue weighted by molar-refractivity contribution is 7.89. The van der Waals surface area contributed by atoms with E-state index < -0.39 is 16.1 Å². The Labute approximate surface area is 124 Å². The number of aliphatic hydroxyl groups excluding tert-OH is 1. The minimum Gasteiger partial charge on any atom is -0.392 e. The molecule has 0 spiro atoms. The van der Waals surface area contributed by atoms with Gasteiger partial charge in [-0.1, -0.05) is 13.3 Å². The number of fused-ring (bicyclic) bond motifs is 1. The van der Waals surface area contributed by atoms with E-state index in [4.69, 9.17) is 0 Å². The Morgan fingerprint density at radius 3 is 2.81 bits per heavy atom. The Hall–Kier alpha value is -1.44. The largest absolute Gasteiger partial charge is 0.392 e. The second-order valence-electron chi connectivity index (χ2n) is 5.25. The zero-order valence-corrected chi connectivity index (χ0v) is 12.9. The van der Waals surface area contributed by atoms with Crippen LogP contribution in [0.5, 0.6) is 0 Å². The Morgan fingerprint density at radius 1 is 1.43 bits per heavy atom. The lowest BCUT2D eigenvalue weighted by atomic mass is 10.0. The zero-order valence-electron chi connectivity index (χ0n) is 12.1. The Bertz CT molecular complexity index is 642. The van der Waals surface area contributed by atoms with Crippen LogP contribution < -0.4 is 10.0 Å². The molecule has 6 nitrogen and oxygen atoms in total. The average Bonchev–Trinajstić information content (AvgIpc) is 2.72. The van der Waals surface area contributed by atoms with Crippen LogP contribution in [0.25, 0.3) is 0 Å². The number of amides is 1. The predicted octanol–water partition coefficient (Wildman–Crippen LogP) is 1.18. The Morgan fingerprint density at radius 2 is 2.14 bits per heavy atom. The molecular weight excluding hydrogens is 292 g/mol. The van der Waals surface area contributed by atoms with E-state index in [1.807, 2.05) is 6.92 Å². The Balaban J connectivity index is 2.17. The average molecular weight is 312 g/mol. The smallest absolute Gasteiger partial charge is 0.240 e. The molecular formula is C14H20N2O4S. The van der Waals surface area contributed by atoms with Crippen LogP contribution in [0.15, 0.2) is 23.1 Å². The van der Waals surface area contributed by atoms with Gasteiger partial charge < -0.3 is 10.4 Å². The van der Waals surface area contributed by atoms with Crippen LogP contribution in [0.3, 0.4) is 0 Å². The molecule has 21 heavy (non-hydrogen) atoms. The van der Waals surface area contributed by atoms with Gasteiger partial charge in [0.05, 0.1) is 16.9 Å². The number of anilines is 1. The van der Waals surface area contributed by atoms with Crippen molar-refractivity contribution < 1.29 is 18.3 Å². The maximum atomic E-state index is 12.2. The van der Waals surface area contributed by atoms with E-state index in [0.29, 0.717) is 17.7 Å². The highest BCUT2D eigenvalue weighted by Gasteiger charge is 2.28. The van der Waals surface area contributed by atoms with Crippen LogP contribution in [0.1, 0.15) is 38.2 Å². The third-order valence-corrected chi connectivity index (χ3v) is 5.00. The van der Waals surface area contributed by atoms with Gasteiger partial charge in [-0.25, -0.2) is 13.1 Å². The summed E-state index contributed by atoms with van der Waals surface area (Å²) in [4.78, 5) is 11.7. The molecule has 0 radical (unpaired) electrons. The number of rotatable bonds is 6. The summed E-state index contributed by atoms with van der Waals surface area (Å²) < 4.78 is 26.8. The molecule has 1 amide bonds. The summed E-state index contributed by atoms with van der Waals surface area (Å²) in [5, 5.41) is 12.3. The minimum atomic E-state index is -3.69. The molecule has 1 aliphatic rings. The second kappa shape index (κ2) is 6.13. The van der Waals surface area contributed by atoms with Gasteiger partial charge in [-0.2, -0.15) is 0 Å². The molecule has 0 saturated carbocycles. The van der Waals surface area contributed by atoms with Crippen LogP contribution in [0.4, 0.5) is 5.69 Å². The van der Waals surface area contributed by atoms with Crippen molar-refractivity contribution in [2.24, 2.45) is 0 Å². The number of nitrogens with one attached hydrogen (secondary N) is 2. The first kappa shape index (κ1) is 15.9. The minimum absolute atomic E-state index is 0.0139. The molecule has 2 atom stereocenters. The topological polar surface area (TPSA) is 95.5 Å². The van der Waals surface area contributed by atoms with Crippen molar-refractivity contribution in [3.05, 3.63) is 23.8 Å². The fraction of sp³-hybridized carbons (Fsp3) is 0.500. The quantitative estimate of drug-likeness (QED) is 0.735. The fourth-order valence-electron chi connectivity index (χ4n) is 2.29. The van der Waals surface area contributed by atoms with E-state index >= 15 is 0 Å². The van der Waals surface area contributed by atoms with Crippen molar-refractivity contribution in [2.45, 2.75) is 43.6 Å². The standard InChI is InChI=1S/C14H20N2O4S/c1-3-4-10(17)8-15-21(19,20)11-5-6-13-12(7-11)9(2)14(18)16-13/h5-7,9-10,15,17H,3-4,8H2,1-2H3,(H,16,18). The highest BCUT2D eigenvalue weighted by atomic mass is 32.2. The van der Waals surface area contributed by atoms with E-state index in [0.717, 1.165) is 6.42 Å². The monoisotopic (exact) mass is 312 g/mol. The van der Waals surface area contributed by atoms with Crippen molar-refractivity contribution in [1.29, 1.82) is 0 Å². The first-order valence-corrected chi connectivity index (χ1v) is 8.46. The summed E-state index contributed by atoms with van der Waals surface area (Å²) in [6, 6.07) is 4.55. The van der Waals surface area contributed by atoms with Gasteiger partial charge in [0.1, 0.15) is 0 Å². The zero-order chi connectivity index (χ0) is 15.6. The number of hydrogen-bond acceptors (Lipinski definition) is 4. The van der Waals surface area contributed by atoms with Crippen molar-refractivity contribution in [3.63, 3.8) is 0 Å². The summed E-state index contributed by atoms with van der Waals surface area (Å²) in [7, 11) is -3.69. The third-order valence-electron chi connectivity index (χ3n) is 3.58. The van der Waals surface area contributed by atoms with Gasteiger partial charge in [-0.3, -0.25) is 4.79 Å². The van der Waals surface area contributed by atoms with E-state index in [2.05, 4.69) is 10.0 Å². The highest BCUT2D eigenvalue weighted by Crippen LogP contribution is 2.33. The lowest BCUT2D eigenvalue weighted by molar-refractivity contribution is -0.116. The van der Waals surface area contributed by atoms with Crippen molar-refractivity contribution in [1.82, 2.24) is 4.72 Å². The van der Waals surface area contributed by atoms with Gasteiger partial charge >= 0.3 is 0 Å². The van der Waals surface area contributed by atoms with Crippen LogP contribution in [-0.4, -0.2) is 32.1 Å². The van der Waals surface area contributed by atoms with Crippen molar-refractivity contribution in [3.8, 4) is 0 Å². The maximum absolute atomic E-state index is 12.2. The summed E-state index contributed by atoms with van der Waals surface area (Å²) >= 11 is 0. The fourth-order valence-corrected chi connectivity index (χ4v) is 3.39. The Kier molecular flexibility index (Phi) is 4.65. The number of sulfonamides is 1. The number of aliphatic hydroxyl groups is 1. The molecule has 1 aromatic rings. The molecule has 0 saturated heterocycles. The van der Waals surface area contributed by atoms with E-state index in [9.17, 15) is 18.3 Å². The summed E-state index contributed by atoms with van der Waals surface area (Å²) in [6.45, 7) is 3.64. The summed E-state index contributed by atoms with van der Waals surface area (Å²) in [5.41, 5.74) is 1.33. The van der Waals surface area contributed by atoms with Gasteiger partial charge in [0.25, 0.3) is 0 Å². The van der Waals surface area contributed by atoms with E-state index in [1.165, 1.54) is 12.1 Å². The molecule has 0 bridgehead atoms. The normalized spacial score (nSPS) is 19.2. The van der Waals surface area contributed by atoms with Gasteiger partial charge in [0.15, 0.2) is 0 Å². The van der Waals surface area contributed by atoms with Crippen molar-refractivity contribution >= 4 is 21.6 Å². The first-order valence-electron chi connectivity index (χ1n) is 6.97. The molecule has 0 aromatic heterocycles. The SMILES string of the molecule is CCCC(O)CNS(=O)(=O)c1ccc2c(c1)C(C)C(=O)N2. The number of carbonyl (C=O) groups excluding carboxylic acids is 1. The van der Waals surface area contributed by atoms with Gasteiger partial charge in [-0.15, -0.1) is 0 Å². The number of hydrogen-bond donors (Lipinski definition) is 3. The maximum Gasteiger partial charge on any atom is 0.240 e. The molecule has 2 unspecified atom stereocenters. The molecule has 1 aromatic carbocycles. The van der Waals surface area contributed by atoms with E-state index in [1.54, 1.807) is 13.0 Å². The molecule has 2 rings (SSSR count). The van der Waals surface area contributed by atoms with Gasteiger partial charge in [0.2, 0.25) is 15.9 Å². The van der Waals surface area contributed by atoms with Gasteiger partial charge in [-0.05, 0) is 37.1 Å². The van der Waals surface area contributed by atoms with Crippen LogP contribution in [0, 0.1) is 0 Å². The molecule has 3 N–H and O–H groups in total. The number of benzene rings is 1. The first-order chi connectivity index (χ1) is 9.85. The van der Waals surface area contributed by atoms with Crippen LogP contribution in [-0.2, 0) is 14.8 Å². The second-order valence-corrected chi connectivity index (χ2v) is 7.02. The lowest BCUT2D eigenvalue weighted by Crippen LogP contribution is -2.32. The molecule has 0 aliphatic carbocycles. The van der Waals surface area contributed by atoms with Crippen LogP contribution >= 0.6 is 0 Å². The van der Waals surface area contributed by atoms with E-state index in [-0.39, 0.29) is 23.3 Å². The molecule has 1 heterocycles. The molecule has 0 fully saturated rings. The summed E-state index contributed by atoms with van der Waals surface area (Å²) in [5.74, 6) is -0.494.